The fourth-order valence-electron chi connectivity index (χ4n) is 4.59. The maximum Gasteiger partial charge on any atom is 0.269 e. The van der Waals surface area contributed by atoms with Gasteiger partial charge in [-0.1, -0.05) is 29.8 Å². The van der Waals surface area contributed by atoms with Crippen LogP contribution >= 0.6 is 11.6 Å². The van der Waals surface area contributed by atoms with Crippen LogP contribution in [0.15, 0.2) is 71.6 Å². The fourth-order valence-corrected chi connectivity index (χ4v) is 5.88. The molecule has 0 bridgehead atoms. The van der Waals surface area contributed by atoms with E-state index in [1.807, 2.05) is 18.2 Å². The van der Waals surface area contributed by atoms with Gasteiger partial charge in [0.05, 0.1) is 32.1 Å². The number of nitrogens with two attached hydrogens (primary N) is 1. The Hall–Kier alpha value is -3.95. The molecule has 1 aromatic heterocycles. The minimum Gasteiger partial charge on any atom is -0.364 e. The molecule has 0 radical (unpaired) electrons. The summed E-state index contributed by atoms with van der Waals surface area (Å²) in [6.45, 7) is 3.26. The van der Waals surface area contributed by atoms with Gasteiger partial charge < -0.3 is 11.1 Å². The number of amides is 2. The molecule has 0 spiro atoms. The molecule has 3 N–H and O–H groups in total. The zero-order valence-corrected chi connectivity index (χ0v) is 22.3. The Bertz CT molecular complexity index is 1690. The van der Waals surface area contributed by atoms with E-state index in [1.54, 1.807) is 54.9 Å². The summed E-state index contributed by atoms with van der Waals surface area (Å²) >= 11 is 6.19. The summed E-state index contributed by atoms with van der Waals surface area (Å²) in [5, 5.41) is 7.21. The lowest BCUT2D eigenvalue weighted by atomic mass is 9.88. The molecule has 1 aliphatic carbocycles. The topological polar surface area (TPSA) is 124 Å². The van der Waals surface area contributed by atoms with E-state index in [0.717, 1.165) is 11.1 Å². The minimum atomic E-state index is -3.45. The van der Waals surface area contributed by atoms with Crippen LogP contribution in [0.2, 0.25) is 5.02 Å². The first kappa shape index (κ1) is 25.7. The van der Waals surface area contributed by atoms with Crippen LogP contribution < -0.4 is 11.1 Å². The number of primary amides is 1. The number of anilines is 1. The number of nitrogens with one attached hydrogen (secondary N) is 1. The smallest absolute Gasteiger partial charge is 0.269 e. The minimum absolute atomic E-state index is 0.162. The highest BCUT2D eigenvalue weighted by atomic mass is 35.5. The maximum atomic E-state index is 12.9. The molecule has 5 rings (SSSR count). The summed E-state index contributed by atoms with van der Waals surface area (Å²) in [7, 11) is -3.45. The highest BCUT2D eigenvalue weighted by Gasteiger charge is 2.29. The Kier molecular flexibility index (Phi) is 6.58. The molecular weight excluding hydrogens is 524 g/mol. The van der Waals surface area contributed by atoms with Gasteiger partial charge in [-0.15, -0.1) is 0 Å². The maximum absolute atomic E-state index is 12.9. The molecule has 3 aromatic carbocycles. The quantitative estimate of drug-likeness (QED) is 0.357. The van der Waals surface area contributed by atoms with Gasteiger partial charge in [-0.25, -0.2) is 13.1 Å². The van der Waals surface area contributed by atoms with E-state index in [2.05, 4.69) is 10.4 Å². The molecule has 0 saturated carbocycles. The van der Waals surface area contributed by atoms with Crippen LogP contribution in [0, 0.1) is 0 Å². The highest BCUT2D eigenvalue weighted by Crippen LogP contribution is 2.38. The molecule has 0 atom stereocenters. The number of fused-ring (bicyclic) bond motifs is 3. The Morgan fingerprint density at radius 2 is 1.74 bits per heavy atom. The second-order valence-electron chi connectivity index (χ2n) is 9.35. The van der Waals surface area contributed by atoms with Crippen LogP contribution in [-0.2, 0) is 22.7 Å². The molecule has 2 amide bonds. The van der Waals surface area contributed by atoms with Gasteiger partial charge in [-0.05, 0) is 80.8 Å². The van der Waals surface area contributed by atoms with Crippen LogP contribution in [-0.4, -0.2) is 35.3 Å². The molecule has 8 nitrogen and oxygen atoms in total. The van der Waals surface area contributed by atoms with Gasteiger partial charge in [0.1, 0.15) is 0 Å². The van der Waals surface area contributed by atoms with Crippen LogP contribution in [0.25, 0.3) is 16.9 Å². The summed E-state index contributed by atoms with van der Waals surface area (Å²) < 4.78 is 26.8. The van der Waals surface area contributed by atoms with Gasteiger partial charge in [0.15, 0.2) is 15.5 Å². The molecule has 0 saturated heterocycles. The first-order valence-corrected chi connectivity index (χ1v) is 14.0. The first-order valence-electron chi connectivity index (χ1n) is 12.0. The number of rotatable bonds is 6. The van der Waals surface area contributed by atoms with Crippen molar-refractivity contribution < 1.29 is 18.0 Å². The average Bonchev–Trinajstić information content (AvgIpc) is 3.29. The number of carbonyl (C=O) groups excluding carboxylic acids is 2. The predicted octanol–water partition coefficient (Wildman–Crippen LogP) is 4.82. The molecule has 1 aliphatic rings. The Morgan fingerprint density at radius 1 is 1.03 bits per heavy atom. The molecule has 194 valence electrons. The van der Waals surface area contributed by atoms with Crippen molar-refractivity contribution in [2.75, 3.05) is 5.32 Å². The third-order valence-electron chi connectivity index (χ3n) is 6.63. The molecule has 0 aliphatic heterocycles. The van der Waals surface area contributed by atoms with Gasteiger partial charge in [0, 0.05) is 16.8 Å². The standard InChI is InChI=1S/C28H25ClN4O4S/c1-16(2)38(36,37)20-12-10-19(11-13-20)33-26-22(25(32-33)27(30)34)14-8-17-7-9-18(15-23(17)26)31-28(35)21-5-3-4-6-24(21)29/h3-7,9-13,15-16H,8,14H2,1-2H3,(H2,30,34)(H,31,35). The van der Waals surface area contributed by atoms with E-state index < -0.39 is 21.0 Å². The van der Waals surface area contributed by atoms with Crippen molar-refractivity contribution in [3.05, 3.63) is 94.1 Å². The van der Waals surface area contributed by atoms with Crippen molar-refractivity contribution in [2.24, 2.45) is 5.73 Å². The van der Waals surface area contributed by atoms with Gasteiger partial charge in [0.25, 0.3) is 11.8 Å². The summed E-state index contributed by atoms with van der Waals surface area (Å²) in [5.41, 5.74) is 10.5. The Morgan fingerprint density at radius 3 is 2.39 bits per heavy atom. The molecule has 38 heavy (non-hydrogen) atoms. The first-order chi connectivity index (χ1) is 18.1. The lowest BCUT2D eigenvalue weighted by molar-refractivity contribution is 0.0992. The molecule has 4 aromatic rings. The van der Waals surface area contributed by atoms with E-state index >= 15 is 0 Å². The molecule has 0 fully saturated rings. The lowest BCUT2D eigenvalue weighted by Gasteiger charge is -2.20. The van der Waals surface area contributed by atoms with E-state index in [1.165, 1.54) is 12.1 Å². The van der Waals surface area contributed by atoms with E-state index in [4.69, 9.17) is 17.3 Å². The number of carbonyl (C=O) groups is 2. The molecule has 0 unspecified atom stereocenters. The molecule has 1 heterocycles. The van der Waals surface area contributed by atoms with E-state index in [-0.39, 0.29) is 16.5 Å². The molecular formula is C28H25ClN4O4S. The van der Waals surface area contributed by atoms with Crippen LogP contribution in [0.4, 0.5) is 5.69 Å². The predicted molar refractivity (Wildman–Crippen MR) is 147 cm³/mol. The van der Waals surface area contributed by atoms with E-state index in [9.17, 15) is 18.0 Å². The Balaban J connectivity index is 1.59. The van der Waals surface area contributed by atoms with Crippen molar-refractivity contribution in [3.8, 4) is 16.9 Å². The van der Waals surface area contributed by atoms with Gasteiger partial charge in [-0.3, -0.25) is 9.59 Å². The number of aryl methyl sites for hydroxylation is 1. The zero-order valence-electron chi connectivity index (χ0n) is 20.7. The number of sulfone groups is 1. The summed E-state index contributed by atoms with van der Waals surface area (Å²) in [6, 6.07) is 18.8. The van der Waals surface area contributed by atoms with Crippen molar-refractivity contribution >= 4 is 38.9 Å². The van der Waals surface area contributed by atoms with Crippen LogP contribution in [0.5, 0.6) is 0 Å². The second-order valence-corrected chi connectivity index (χ2v) is 12.3. The fraction of sp³-hybridized carbons (Fsp3) is 0.179. The largest absolute Gasteiger partial charge is 0.364 e. The van der Waals surface area contributed by atoms with Crippen LogP contribution in [0.1, 0.15) is 45.8 Å². The molecule has 10 heteroatoms. The van der Waals surface area contributed by atoms with Crippen molar-refractivity contribution in [2.45, 2.75) is 36.8 Å². The SMILES string of the molecule is CC(C)S(=O)(=O)c1ccc(-n2nc(C(N)=O)c3c2-c2cc(NC(=O)c4ccccc4Cl)ccc2CC3)cc1. The third-order valence-corrected chi connectivity index (χ3v) is 9.13. The second kappa shape index (κ2) is 9.74. The number of hydrogen-bond donors (Lipinski definition) is 2. The summed E-state index contributed by atoms with van der Waals surface area (Å²) in [6.07, 6.45) is 1.23. The van der Waals surface area contributed by atoms with Crippen molar-refractivity contribution in [1.82, 2.24) is 9.78 Å². The number of nitrogens with zero attached hydrogens (tertiary/aromatic N) is 2. The number of aromatic nitrogens is 2. The third kappa shape index (κ3) is 4.48. The van der Waals surface area contributed by atoms with Gasteiger partial charge >= 0.3 is 0 Å². The van der Waals surface area contributed by atoms with Crippen molar-refractivity contribution in [1.29, 1.82) is 0 Å². The van der Waals surface area contributed by atoms with Gasteiger partial charge in [-0.2, -0.15) is 5.10 Å². The van der Waals surface area contributed by atoms with Crippen molar-refractivity contribution in [3.63, 3.8) is 0 Å². The van der Waals surface area contributed by atoms with E-state index in [0.29, 0.717) is 46.1 Å². The summed E-state index contributed by atoms with van der Waals surface area (Å²) in [4.78, 5) is 25.4. The Labute approximate surface area is 225 Å². The number of hydrogen-bond acceptors (Lipinski definition) is 5. The lowest BCUT2D eigenvalue weighted by Crippen LogP contribution is -2.15. The average molecular weight is 549 g/mol. The zero-order chi connectivity index (χ0) is 27.2. The summed E-state index contributed by atoms with van der Waals surface area (Å²) in [5.74, 6) is -0.995. The monoisotopic (exact) mass is 548 g/mol. The number of benzene rings is 3. The number of halogens is 1. The highest BCUT2D eigenvalue weighted by molar-refractivity contribution is 7.92. The van der Waals surface area contributed by atoms with Gasteiger partial charge in [0.2, 0.25) is 0 Å². The van der Waals surface area contributed by atoms with Crippen LogP contribution in [0.3, 0.4) is 0 Å². The normalized spacial score (nSPS) is 12.6.